The van der Waals surface area contributed by atoms with E-state index in [1.54, 1.807) is 0 Å². The van der Waals surface area contributed by atoms with Crippen LogP contribution in [0.15, 0.2) is 0 Å². The molecule has 0 aliphatic rings. The van der Waals surface area contributed by atoms with E-state index >= 15 is 0 Å². The third-order valence-corrected chi connectivity index (χ3v) is 4.13. The maximum atomic E-state index is 12.3. The van der Waals surface area contributed by atoms with Crippen molar-refractivity contribution < 1.29 is 4.79 Å². The zero-order valence-corrected chi connectivity index (χ0v) is 15.4. The van der Waals surface area contributed by atoms with Crippen LogP contribution < -0.4 is 0 Å². The summed E-state index contributed by atoms with van der Waals surface area (Å²) in [7, 11) is 10.2. The first-order valence-corrected chi connectivity index (χ1v) is 8.21. The molecule has 0 saturated carbocycles. The maximum Gasteiger partial charge on any atom is 0.223 e. The van der Waals surface area contributed by atoms with Gasteiger partial charge in [0.1, 0.15) is 0 Å². The Morgan fingerprint density at radius 2 is 1.60 bits per heavy atom. The fourth-order valence-corrected chi connectivity index (χ4v) is 3.16. The lowest BCUT2D eigenvalue weighted by molar-refractivity contribution is -0.131. The summed E-state index contributed by atoms with van der Waals surface area (Å²) in [6.07, 6.45) is 0.614. The first kappa shape index (κ1) is 19.7. The predicted molar refractivity (Wildman–Crippen MR) is 90.2 cm³/mol. The van der Waals surface area contributed by atoms with Gasteiger partial charge in [0.25, 0.3) is 0 Å². The summed E-state index contributed by atoms with van der Waals surface area (Å²) in [5.41, 5.74) is 0.151. The van der Waals surface area contributed by atoms with Gasteiger partial charge in [0.2, 0.25) is 5.91 Å². The van der Waals surface area contributed by atoms with Gasteiger partial charge in [-0.15, -0.1) is 11.8 Å². The number of hydrogen-bond acceptors (Lipinski definition) is 4. The van der Waals surface area contributed by atoms with Crippen LogP contribution in [0, 0.1) is 5.41 Å². The number of amides is 1. The smallest absolute Gasteiger partial charge is 0.223 e. The summed E-state index contributed by atoms with van der Waals surface area (Å²) in [5.74, 6) is 1.20. The van der Waals surface area contributed by atoms with Gasteiger partial charge in [-0.2, -0.15) is 0 Å². The molecule has 20 heavy (non-hydrogen) atoms. The molecular weight excluding hydrogens is 270 g/mol. The van der Waals surface area contributed by atoms with Crippen molar-refractivity contribution in [3.8, 4) is 0 Å². The number of hydrogen-bond donors (Lipinski definition) is 0. The molecule has 0 aliphatic carbocycles. The second kappa shape index (κ2) is 8.90. The van der Waals surface area contributed by atoms with Crippen molar-refractivity contribution in [3.63, 3.8) is 0 Å². The van der Waals surface area contributed by atoms with Crippen molar-refractivity contribution in [2.45, 2.75) is 32.4 Å². The summed E-state index contributed by atoms with van der Waals surface area (Å²) in [6, 6.07) is 0. The van der Waals surface area contributed by atoms with Crippen molar-refractivity contribution >= 4 is 17.7 Å². The fraction of sp³-hybridized carbons (Fsp3) is 0.933. The maximum absolute atomic E-state index is 12.3. The summed E-state index contributed by atoms with van der Waals surface area (Å²) >= 11 is 1.86. The molecule has 0 saturated heterocycles. The Kier molecular flexibility index (Phi) is 8.79. The molecule has 0 N–H and O–H groups in total. The molecule has 120 valence electrons. The van der Waals surface area contributed by atoms with Gasteiger partial charge < -0.3 is 14.7 Å². The minimum absolute atomic E-state index is 0.151. The van der Waals surface area contributed by atoms with Gasteiger partial charge >= 0.3 is 0 Å². The molecule has 0 heterocycles. The van der Waals surface area contributed by atoms with E-state index in [4.69, 9.17) is 0 Å². The van der Waals surface area contributed by atoms with Crippen LogP contribution in [0.4, 0.5) is 0 Å². The van der Waals surface area contributed by atoms with E-state index in [2.05, 4.69) is 58.8 Å². The molecule has 0 aliphatic heterocycles. The summed E-state index contributed by atoms with van der Waals surface area (Å²) in [5, 5.41) is 0.349. The van der Waals surface area contributed by atoms with Crippen molar-refractivity contribution in [2.24, 2.45) is 5.41 Å². The van der Waals surface area contributed by atoms with Crippen LogP contribution in [0.2, 0.25) is 0 Å². The topological polar surface area (TPSA) is 26.8 Å². The average molecular weight is 304 g/mol. The molecule has 4 nitrogen and oxygen atoms in total. The van der Waals surface area contributed by atoms with E-state index in [0.29, 0.717) is 11.7 Å². The predicted octanol–water partition coefficient (Wildman–Crippen LogP) is 2.06. The SMILES string of the molecule is CN(C)CSC(CC(=O)N(C)CC(C)(C)C)CN(C)C. The summed E-state index contributed by atoms with van der Waals surface area (Å²) < 4.78 is 0. The van der Waals surface area contributed by atoms with E-state index in [0.717, 1.165) is 19.0 Å². The van der Waals surface area contributed by atoms with Crippen LogP contribution in [0.3, 0.4) is 0 Å². The Hall–Kier alpha value is -0.260. The van der Waals surface area contributed by atoms with Crippen molar-refractivity contribution in [3.05, 3.63) is 0 Å². The molecule has 0 aromatic heterocycles. The third kappa shape index (κ3) is 10.5. The molecule has 0 bridgehead atoms. The zero-order chi connectivity index (χ0) is 15.9. The summed E-state index contributed by atoms with van der Waals surface area (Å²) in [4.78, 5) is 18.5. The second-order valence-corrected chi connectivity index (χ2v) is 8.53. The molecule has 1 unspecified atom stereocenters. The van der Waals surface area contributed by atoms with E-state index in [1.807, 2.05) is 23.7 Å². The molecule has 1 amide bonds. The molecule has 5 heteroatoms. The Bertz CT molecular complexity index is 287. The number of thioether (sulfide) groups is 1. The Morgan fingerprint density at radius 1 is 1.05 bits per heavy atom. The van der Waals surface area contributed by atoms with Crippen molar-refractivity contribution in [1.82, 2.24) is 14.7 Å². The first-order valence-electron chi connectivity index (χ1n) is 7.16. The standard InChI is InChI=1S/C15H33N3OS/c1-15(2,3)11-18(8)14(19)9-13(10-16(4)5)20-12-17(6)7/h13H,9-12H2,1-8H3. The number of carbonyl (C=O) groups excluding carboxylic acids is 1. The lowest BCUT2D eigenvalue weighted by Crippen LogP contribution is -2.37. The van der Waals surface area contributed by atoms with Gasteiger partial charge in [-0.3, -0.25) is 4.79 Å². The molecule has 0 rings (SSSR count). The monoisotopic (exact) mass is 303 g/mol. The minimum Gasteiger partial charge on any atom is -0.345 e. The van der Waals surface area contributed by atoms with Crippen molar-refractivity contribution in [2.75, 3.05) is 54.2 Å². The van der Waals surface area contributed by atoms with Crippen molar-refractivity contribution in [1.29, 1.82) is 0 Å². The van der Waals surface area contributed by atoms with Crippen LogP contribution in [0.5, 0.6) is 0 Å². The molecule has 0 spiro atoms. The molecule has 1 atom stereocenters. The Labute approximate surface area is 129 Å². The van der Waals surface area contributed by atoms with E-state index < -0.39 is 0 Å². The third-order valence-electron chi connectivity index (χ3n) is 2.68. The van der Waals surface area contributed by atoms with Gasteiger partial charge in [-0.25, -0.2) is 0 Å². The average Bonchev–Trinajstić information content (AvgIpc) is 2.22. The minimum atomic E-state index is 0.151. The largest absolute Gasteiger partial charge is 0.345 e. The van der Waals surface area contributed by atoms with Crippen LogP contribution in [0.25, 0.3) is 0 Å². The van der Waals surface area contributed by atoms with Crippen LogP contribution >= 0.6 is 11.8 Å². The molecule has 0 fully saturated rings. The quantitative estimate of drug-likeness (QED) is 0.641. The van der Waals surface area contributed by atoms with E-state index in [9.17, 15) is 4.79 Å². The fourth-order valence-electron chi connectivity index (χ4n) is 1.99. The highest BCUT2D eigenvalue weighted by atomic mass is 32.2. The molecular formula is C15H33N3OS. The van der Waals surface area contributed by atoms with Gasteiger partial charge in [-0.05, 0) is 33.6 Å². The Morgan fingerprint density at radius 3 is 2.00 bits per heavy atom. The lowest BCUT2D eigenvalue weighted by atomic mass is 9.96. The Balaban J connectivity index is 4.43. The van der Waals surface area contributed by atoms with Crippen LogP contribution in [-0.4, -0.2) is 80.1 Å². The van der Waals surface area contributed by atoms with Gasteiger partial charge in [0.05, 0.1) is 0 Å². The number of nitrogens with zero attached hydrogens (tertiary/aromatic N) is 3. The summed E-state index contributed by atoms with van der Waals surface area (Å²) in [6.45, 7) is 8.23. The van der Waals surface area contributed by atoms with E-state index in [-0.39, 0.29) is 11.3 Å². The molecule has 0 aromatic carbocycles. The van der Waals surface area contributed by atoms with Gasteiger partial charge in [0, 0.05) is 37.7 Å². The highest BCUT2D eigenvalue weighted by Gasteiger charge is 2.21. The normalized spacial score (nSPS) is 13.9. The van der Waals surface area contributed by atoms with Crippen LogP contribution in [-0.2, 0) is 4.79 Å². The highest BCUT2D eigenvalue weighted by molar-refractivity contribution is 7.99. The van der Waals surface area contributed by atoms with Gasteiger partial charge in [0.15, 0.2) is 0 Å². The first-order chi connectivity index (χ1) is 9.01. The highest BCUT2D eigenvalue weighted by Crippen LogP contribution is 2.19. The number of rotatable bonds is 8. The number of carbonyl (C=O) groups is 1. The molecule has 0 radical (unpaired) electrons. The lowest BCUT2D eigenvalue weighted by Gasteiger charge is -2.29. The zero-order valence-electron chi connectivity index (χ0n) is 14.6. The van der Waals surface area contributed by atoms with Crippen LogP contribution in [0.1, 0.15) is 27.2 Å². The second-order valence-electron chi connectivity index (χ2n) is 7.27. The van der Waals surface area contributed by atoms with E-state index in [1.165, 1.54) is 0 Å². The molecule has 0 aromatic rings. The van der Waals surface area contributed by atoms with Gasteiger partial charge in [-0.1, -0.05) is 20.8 Å².